The van der Waals surface area contributed by atoms with Gasteiger partial charge in [0.05, 0.1) is 10.9 Å². The van der Waals surface area contributed by atoms with Crippen LogP contribution in [-0.2, 0) is 10.0 Å². The van der Waals surface area contributed by atoms with Gasteiger partial charge in [0.15, 0.2) is 0 Å². The summed E-state index contributed by atoms with van der Waals surface area (Å²) in [5.74, 6) is -1.89. The maximum atomic E-state index is 13.4. The van der Waals surface area contributed by atoms with E-state index in [0.29, 0.717) is 24.2 Å². The molecule has 1 atom stereocenters. The minimum Gasteiger partial charge on any atom is -0.289 e. The van der Waals surface area contributed by atoms with Crippen molar-refractivity contribution >= 4 is 21.6 Å². The molecule has 1 saturated heterocycles. The summed E-state index contributed by atoms with van der Waals surface area (Å²) in [6.07, 6.45) is 4.85. The summed E-state index contributed by atoms with van der Waals surface area (Å²) in [7, 11) is -4.05. The monoisotopic (exact) mass is 450 g/mol. The predicted molar refractivity (Wildman–Crippen MR) is 107 cm³/mol. The van der Waals surface area contributed by atoms with E-state index in [2.05, 4.69) is 19.6 Å². The van der Waals surface area contributed by atoms with Gasteiger partial charge >= 0.3 is 0 Å². The molecule has 10 heteroatoms. The van der Waals surface area contributed by atoms with Gasteiger partial charge in [0.25, 0.3) is 0 Å². The Hall–Kier alpha value is -2.46. The van der Waals surface area contributed by atoms with Gasteiger partial charge in [0.2, 0.25) is 10.0 Å². The number of aromatic nitrogens is 2. The molecule has 1 fully saturated rings. The average molecular weight is 451 g/mol. The summed E-state index contributed by atoms with van der Waals surface area (Å²) in [5, 5.41) is 0.610. The lowest BCUT2D eigenvalue weighted by Gasteiger charge is -2.44. The first kappa shape index (κ1) is 20.8. The van der Waals surface area contributed by atoms with Gasteiger partial charge in [-0.1, -0.05) is 23.7 Å². The van der Waals surface area contributed by atoms with Gasteiger partial charge in [-0.15, -0.1) is 0 Å². The fourth-order valence-electron chi connectivity index (χ4n) is 3.48. The third kappa shape index (κ3) is 4.49. The second-order valence-electron chi connectivity index (χ2n) is 7.00. The zero-order valence-electron chi connectivity index (χ0n) is 15.5. The number of rotatable bonds is 6. The van der Waals surface area contributed by atoms with Crippen LogP contribution >= 0.6 is 11.6 Å². The Kier molecular flexibility index (Phi) is 5.79. The van der Waals surface area contributed by atoms with Crippen molar-refractivity contribution in [1.82, 2.24) is 19.6 Å². The molecule has 0 amide bonds. The molecule has 1 aromatic heterocycles. The molecule has 1 aliphatic heterocycles. The van der Waals surface area contributed by atoms with E-state index in [4.69, 9.17) is 11.6 Å². The third-order valence-corrected chi connectivity index (χ3v) is 6.58. The van der Waals surface area contributed by atoms with Gasteiger partial charge in [-0.2, -0.15) is 0 Å². The maximum absolute atomic E-state index is 13.4. The molecule has 2 aromatic carbocycles. The van der Waals surface area contributed by atoms with E-state index in [0.717, 1.165) is 23.3 Å². The molecule has 4 rings (SSSR count). The first-order chi connectivity index (χ1) is 14.3. The molecule has 156 valence electrons. The third-order valence-electron chi connectivity index (χ3n) is 4.83. The standard InChI is InChI=1S/C20H17ClF2N4O2S/c21-15-3-1-13(2-4-15)20(14-8-24-12-25-9-14)27-10-18(11-27)26-30(28,29)19-6-16(22)5-17(23)7-19/h1-9,12,18,20,26H,10-11H2. The minimum absolute atomic E-state index is 0.184. The molecule has 1 unspecified atom stereocenters. The number of nitrogens with one attached hydrogen (secondary N) is 1. The maximum Gasteiger partial charge on any atom is 0.241 e. The Bertz CT molecular complexity index is 1120. The number of hydrogen-bond donors (Lipinski definition) is 1. The van der Waals surface area contributed by atoms with Crippen molar-refractivity contribution in [3.63, 3.8) is 0 Å². The molecular weight excluding hydrogens is 434 g/mol. The fraction of sp³-hybridized carbons (Fsp3) is 0.200. The van der Waals surface area contributed by atoms with Crippen LogP contribution in [0.5, 0.6) is 0 Å². The van der Waals surface area contributed by atoms with Crippen molar-refractivity contribution in [2.24, 2.45) is 0 Å². The van der Waals surface area contributed by atoms with Crippen molar-refractivity contribution < 1.29 is 17.2 Å². The Balaban J connectivity index is 1.51. The van der Waals surface area contributed by atoms with Gasteiger partial charge < -0.3 is 0 Å². The number of hydrogen-bond acceptors (Lipinski definition) is 5. The van der Waals surface area contributed by atoms with Gasteiger partial charge in [-0.3, -0.25) is 4.90 Å². The van der Waals surface area contributed by atoms with E-state index in [9.17, 15) is 17.2 Å². The molecule has 30 heavy (non-hydrogen) atoms. The van der Waals surface area contributed by atoms with Crippen LogP contribution in [0.15, 0.2) is 66.1 Å². The topological polar surface area (TPSA) is 75.2 Å². The molecule has 2 heterocycles. The van der Waals surface area contributed by atoms with E-state index in [1.807, 2.05) is 12.1 Å². The molecule has 0 saturated carbocycles. The number of halogens is 3. The zero-order valence-corrected chi connectivity index (χ0v) is 17.1. The van der Waals surface area contributed by atoms with Gasteiger partial charge in [0, 0.05) is 48.2 Å². The Morgan fingerprint density at radius 3 is 2.20 bits per heavy atom. The summed E-state index contributed by atoms with van der Waals surface area (Å²) >= 11 is 6.00. The van der Waals surface area contributed by atoms with Crippen LogP contribution in [0.3, 0.4) is 0 Å². The summed E-state index contributed by atoms with van der Waals surface area (Å²) in [6, 6.07) is 8.98. The summed E-state index contributed by atoms with van der Waals surface area (Å²) in [5.41, 5.74) is 1.82. The second kappa shape index (κ2) is 8.35. The van der Waals surface area contributed by atoms with E-state index < -0.39 is 32.6 Å². The van der Waals surface area contributed by atoms with E-state index in [1.54, 1.807) is 24.5 Å². The van der Waals surface area contributed by atoms with Crippen molar-refractivity contribution in [3.8, 4) is 0 Å². The molecule has 0 radical (unpaired) electrons. The van der Waals surface area contributed by atoms with Crippen molar-refractivity contribution in [2.75, 3.05) is 13.1 Å². The van der Waals surface area contributed by atoms with Crippen LogP contribution in [0.1, 0.15) is 17.2 Å². The highest BCUT2D eigenvalue weighted by Gasteiger charge is 2.36. The Morgan fingerprint density at radius 1 is 1.00 bits per heavy atom. The van der Waals surface area contributed by atoms with E-state index >= 15 is 0 Å². The lowest BCUT2D eigenvalue weighted by Crippen LogP contribution is -2.60. The molecule has 0 spiro atoms. The van der Waals surface area contributed by atoms with Crippen LogP contribution in [0.2, 0.25) is 5.02 Å². The minimum atomic E-state index is -4.05. The average Bonchev–Trinajstić information content (AvgIpc) is 2.67. The van der Waals surface area contributed by atoms with Crippen LogP contribution in [-0.4, -0.2) is 42.4 Å². The zero-order chi connectivity index (χ0) is 21.3. The first-order valence-corrected chi connectivity index (χ1v) is 10.9. The molecule has 6 nitrogen and oxygen atoms in total. The highest BCUT2D eigenvalue weighted by Crippen LogP contribution is 2.32. The van der Waals surface area contributed by atoms with E-state index in [-0.39, 0.29) is 6.04 Å². The van der Waals surface area contributed by atoms with Crippen molar-refractivity contribution in [3.05, 3.63) is 89.0 Å². The lowest BCUT2D eigenvalue weighted by atomic mass is 9.95. The van der Waals surface area contributed by atoms with Gasteiger partial charge in [-0.25, -0.2) is 31.9 Å². The number of likely N-dealkylation sites (tertiary alicyclic amines) is 1. The summed E-state index contributed by atoms with van der Waals surface area (Å²) in [4.78, 5) is 9.77. The van der Waals surface area contributed by atoms with Crippen LogP contribution in [0.25, 0.3) is 0 Å². The second-order valence-corrected chi connectivity index (χ2v) is 9.15. The summed E-state index contributed by atoms with van der Waals surface area (Å²) < 4.78 is 54.3. The highest BCUT2D eigenvalue weighted by molar-refractivity contribution is 7.89. The normalized spacial score (nSPS) is 16.2. The van der Waals surface area contributed by atoms with Crippen molar-refractivity contribution in [2.45, 2.75) is 17.0 Å². The number of nitrogens with zero attached hydrogens (tertiary/aromatic N) is 3. The van der Waals surface area contributed by atoms with Crippen molar-refractivity contribution in [1.29, 1.82) is 0 Å². The molecule has 1 aliphatic rings. The van der Waals surface area contributed by atoms with Gasteiger partial charge in [-0.05, 0) is 29.8 Å². The Morgan fingerprint density at radius 2 is 1.60 bits per heavy atom. The van der Waals surface area contributed by atoms with Gasteiger partial charge in [0.1, 0.15) is 18.0 Å². The molecule has 0 aliphatic carbocycles. The molecule has 3 aromatic rings. The van der Waals surface area contributed by atoms with Crippen LogP contribution in [0.4, 0.5) is 8.78 Å². The fourth-order valence-corrected chi connectivity index (χ4v) is 4.87. The van der Waals surface area contributed by atoms with Crippen LogP contribution < -0.4 is 4.72 Å². The van der Waals surface area contributed by atoms with E-state index in [1.165, 1.54) is 6.33 Å². The highest BCUT2D eigenvalue weighted by atomic mass is 35.5. The quantitative estimate of drug-likeness (QED) is 0.624. The molecule has 1 N–H and O–H groups in total. The SMILES string of the molecule is O=S(=O)(NC1CN(C(c2ccc(Cl)cc2)c2cncnc2)C1)c1cc(F)cc(F)c1. The molecule has 0 bridgehead atoms. The van der Waals surface area contributed by atoms with Crippen LogP contribution in [0, 0.1) is 11.6 Å². The smallest absolute Gasteiger partial charge is 0.241 e. The first-order valence-electron chi connectivity index (χ1n) is 9.05. The Labute approximate surface area is 177 Å². The summed E-state index contributed by atoms with van der Waals surface area (Å²) in [6.45, 7) is 0.804. The number of benzene rings is 2. The predicted octanol–water partition coefficient (Wildman–Crippen LogP) is 3.16. The largest absolute Gasteiger partial charge is 0.289 e. The molecular formula is C20H17ClF2N4O2S. The number of sulfonamides is 1. The lowest BCUT2D eigenvalue weighted by molar-refractivity contribution is 0.105.